The molecule has 2 amide bonds. The molecule has 1 fully saturated rings. The lowest BCUT2D eigenvalue weighted by molar-refractivity contribution is -0.127. The molecule has 21 heavy (non-hydrogen) atoms. The third kappa shape index (κ3) is 3.71. The number of aromatic nitrogens is 1. The highest BCUT2D eigenvalue weighted by Gasteiger charge is 2.37. The number of amides is 2. The molecule has 0 aromatic carbocycles. The number of β-amino-alcohol motifs (C(OH)–C–C–N with tert-alkyl or cyclic N) is 1. The number of hydrogen-bond donors (Lipinski definition) is 2. The molecule has 6 nitrogen and oxygen atoms in total. The number of hydrogen-bond acceptors (Lipinski definition) is 4. The van der Waals surface area contributed by atoms with Crippen molar-refractivity contribution >= 4 is 23.4 Å². The van der Waals surface area contributed by atoms with E-state index < -0.39 is 5.60 Å². The lowest BCUT2D eigenvalue weighted by atomic mass is 9.89. The quantitative estimate of drug-likeness (QED) is 0.866. The van der Waals surface area contributed by atoms with Crippen molar-refractivity contribution in [2.75, 3.05) is 20.1 Å². The zero-order valence-corrected chi connectivity index (χ0v) is 12.6. The second kappa shape index (κ2) is 6.41. The van der Waals surface area contributed by atoms with Crippen LogP contribution < -0.4 is 5.32 Å². The largest absolute Gasteiger partial charge is 0.388 e. The summed E-state index contributed by atoms with van der Waals surface area (Å²) in [6.07, 6.45) is 4.03. The Hall–Kier alpha value is -1.66. The number of carbonyl (C=O) groups excluding carboxylic acids is 2. The average Bonchev–Trinajstić information content (AvgIpc) is 2.46. The second-order valence-electron chi connectivity index (χ2n) is 5.26. The second-order valence-corrected chi connectivity index (χ2v) is 5.67. The van der Waals surface area contributed by atoms with Crippen LogP contribution in [0.1, 0.15) is 29.6 Å². The van der Waals surface area contributed by atoms with Crippen LogP contribution in [0.15, 0.2) is 18.5 Å². The Bertz CT molecular complexity index is 552. The molecule has 114 valence electrons. The first kappa shape index (κ1) is 15.7. The van der Waals surface area contributed by atoms with Crippen LogP contribution in [0.2, 0.25) is 5.02 Å². The monoisotopic (exact) mass is 311 g/mol. The van der Waals surface area contributed by atoms with Crippen molar-refractivity contribution in [1.29, 1.82) is 0 Å². The average molecular weight is 312 g/mol. The van der Waals surface area contributed by atoms with Crippen LogP contribution in [0.5, 0.6) is 0 Å². The van der Waals surface area contributed by atoms with Crippen molar-refractivity contribution in [3.8, 4) is 0 Å². The summed E-state index contributed by atoms with van der Waals surface area (Å²) >= 11 is 5.98. The zero-order chi connectivity index (χ0) is 15.5. The molecule has 1 aromatic heterocycles. The van der Waals surface area contributed by atoms with Gasteiger partial charge >= 0.3 is 0 Å². The maximum atomic E-state index is 12.5. The van der Waals surface area contributed by atoms with Crippen LogP contribution >= 0.6 is 11.6 Å². The van der Waals surface area contributed by atoms with Crippen LogP contribution in [-0.4, -0.2) is 52.5 Å². The summed E-state index contributed by atoms with van der Waals surface area (Å²) in [5, 5.41) is 13.3. The fourth-order valence-corrected chi connectivity index (χ4v) is 2.74. The fraction of sp³-hybridized carbons (Fsp3) is 0.500. The maximum Gasteiger partial charge on any atom is 0.255 e. The minimum absolute atomic E-state index is 0.0165. The Labute approximate surface area is 128 Å². The summed E-state index contributed by atoms with van der Waals surface area (Å²) in [5.74, 6) is -0.494. The maximum absolute atomic E-state index is 12.5. The molecule has 1 aliphatic rings. The van der Waals surface area contributed by atoms with Crippen molar-refractivity contribution in [3.05, 3.63) is 29.0 Å². The van der Waals surface area contributed by atoms with Crippen molar-refractivity contribution in [1.82, 2.24) is 15.2 Å². The number of nitrogens with zero attached hydrogens (tertiary/aromatic N) is 2. The highest BCUT2D eigenvalue weighted by Crippen LogP contribution is 2.26. The summed E-state index contributed by atoms with van der Waals surface area (Å²) in [7, 11) is 1.52. The zero-order valence-electron chi connectivity index (χ0n) is 11.8. The molecule has 1 aliphatic heterocycles. The third-order valence-corrected chi connectivity index (χ3v) is 3.92. The molecule has 0 spiro atoms. The molecular formula is C14H18ClN3O3. The minimum atomic E-state index is -1.19. The van der Waals surface area contributed by atoms with Crippen LogP contribution in [0.25, 0.3) is 0 Å². The van der Waals surface area contributed by atoms with Crippen LogP contribution in [0.4, 0.5) is 0 Å². The molecule has 0 saturated carbocycles. The van der Waals surface area contributed by atoms with Crippen LogP contribution in [-0.2, 0) is 4.79 Å². The van der Waals surface area contributed by atoms with Gasteiger partial charge in [-0.2, -0.15) is 0 Å². The van der Waals surface area contributed by atoms with E-state index >= 15 is 0 Å². The van der Waals surface area contributed by atoms with Gasteiger partial charge in [0.2, 0.25) is 5.91 Å². The number of likely N-dealkylation sites (tertiary alicyclic amines) is 1. The van der Waals surface area contributed by atoms with Crippen LogP contribution in [0.3, 0.4) is 0 Å². The summed E-state index contributed by atoms with van der Waals surface area (Å²) in [4.78, 5) is 29.3. The standard InChI is InChI=1S/C14H18ClN3O3/c1-16-12(19)7-14(21)4-2-6-18(9-14)13(20)10-3-5-17-8-11(10)15/h3,5,8,21H,2,4,6-7,9H2,1H3,(H,16,19). The molecule has 0 aliphatic carbocycles. The summed E-state index contributed by atoms with van der Waals surface area (Å²) in [6.45, 7) is 0.658. The number of pyridine rings is 1. The van der Waals surface area contributed by atoms with E-state index in [0.717, 1.165) is 0 Å². The molecule has 2 N–H and O–H groups in total. The van der Waals surface area contributed by atoms with Gasteiger partial charge in [-0.3, -0.25) is 14.6 Å². The van der Waals surface area contributed by atoms with Gasteiger partial charge in [0.15, 0.2) is 0 Å². The van der Waals surface area contributed by atoms with Gasteiger partial charge in [-0.05, 0) is 18.9 Å². The van der Waals surface area contributed by atoms with Crippen molar-refractivity contribution in [2.45, 2.75) is 24.9 Å². The summed E-state index contributed by atoms with van der Waals surface area (Å²) in [5.41, 5.74) is -0.830. The fourth-order valence-electron chi connectivity index (χ4n) is 2.54. The SMILES string of the molecule is CNC(=O)CC1(O)CCCN(C(=O)c2ccncc2Cl)C1. The first-order chi connectivity index (χ1) is 9.95. The van der Waals surface area contributed by atoms with Gasteiger partial charge in [0.25, 0.3) is 5.91 Å². The highest BCUT2D eigenvalue weighted by molar-refractivity contribution is 6.33. The molecule has 2 rings (SSSR count). The van der Waals surface area contributed by atoms with Gasteiger partial charge in [-0.25, -0.2) is 0 Å². The molecule has 1 atom stereocenters. The summed E-state index contributed by atoms with van der Waals surface area (Å²) in [6, 6.07) is 1.55. The van der Waals surface area contributed by atoms with E-state index in [9.17, 15) is 14.7 Å². The molecule has 0 bridgehead atoms. The van der Waals surface area contributed by atoms with E-state index in [4.69, 9.17) is 11.6 Å². The Morgan fingerprint density at radius 3 is 3.00 bits per heavy atom. The molecule has 1 aromatic rings. The van der Waals surface area contributed by atoms with E-state index in [2.05, 4.69) is 10.3 Å². The Morgan fingerprint density at radius 1 is 1.57 bits per heavy atom. The van der Waals surface area contributed by atoms with E-state index in [1.165, 1.54) is 24.3 Å². The van der Waals surface area contributed by atoms with Gasteiger partial charge in [-0.1, -0.05) is 11.6 Å². The van der Waals surface area contributed by atoms with E-state index in [-0.39, 0.29) is 29.8 Å². The number of rotatable bonds is 3. The van der Waals surface area contributed by atoms with Gasteiger partial charge in [0.1, 0.15) is 0 Å². The van der Waals surface area contributed by atoms with Gasteiger partial charge in [0, 0.05) is 26.0 Å². The van der Waals surface area contributed by atoms with Crippen LogP contribution in [0, 0.1) is 0 Å². The molecule has 2 heterocycles. The van der Waals surface area contributed by atoms with E-state index in [0.29, 0.717) is 24.9 Å². The molecular weight excluding hydrogens is 294 g/mol. The smallest absolute Gasteiger partial charge is 0.255 e. The normalized spacial score (nSPS) is 22.0. The number of aliphatic hydroxyl groups is 1. The topological polar surface area (TPSA) is 82.5 Å². The molecule has 0 radical (unpaired) electrons. The van der Waals surface area contributed by atoms with Crippen molar-refractivity contribution in [3.63, 3.8) is 0 Å². The number of nitrogens with one attached hydrogen (secondary N) is 1. The number of piperidine rings is 1. The van der Waals surface area contributed by atoms with Gasteiger partial charge < -0.3 is 15.3 Å². The Morgan fingerprint density at radius 2 is 2.33 bits per heavy atom. The highest BCUT2D eigenvalue weighted by atomic mass is 35.5. The predicted octanol–water partition coefficient (Wildman–Crippen LogP) is 0.838. The lowest BCUT2D eigenvalue weighted by Crippen LogP contribution is -2.52. The van der Waals surface area contributed by atoms with E-state index in [1.807, 2.05) is 0 Å². The van der Waals surface area contributed by atoms with Gasteiger partial charge in [-0.15, -0.1) is 0 Å². The lowest BCUT2D eigenvalue weighted by Gasteiger charge is -2.39. The molecule has 7 heteroatoms. The first-order valence-corrected chi connectivity index (χ1v) is 7.15. The third-order valence-electron chi connectivity index (χ3n) is 3.61. The molecule has 1 unspecified atom stereocenters. The van der Waals surface area contributed by atoms with Crippen molar-refractivity contribution in [2.24, 2.45) is 0 Å². The Balaban J connectivity index is 2.12. The van der Waals surface area contributed by atoms with E-state index in [1.54, 1.807) is 6.07 Å². The summed E-state index contributed by atoms with van der Waals surface area (Å²) < 4.78 is 0. The Kier molecular flexibility index (Phi) is 4.80. The number of halogens is 1. The molecule has 1 saturated heterocycles. The van der Waals surface area contributed by atoms with Gasteiger partial charge in [0.05, 0.1) is 29.2 Å². The minimum Gasteiger partial charge on any atom is -0.388 e. The predicted molar refractivity (Wildman–Crippen MR) is 78.0 cm³/mol. The number of carbonyl (C=O) groups is 2. The van der Waals surface area contributed by atoms with Crippen molar-refractivity contribution < 1.29 is 14.7 Å². The first-order valence-electron chi connectivity index (χ1n) is 6.77.